The van der Waals surface area contributed by atoms with Crippen LogP contribution in [0.3, 0.4) is 0 Å². The highest BCUT2D eigenvalue weighted by molar-refractivity contribution is 6.45. The molecule has 0 N–H and O–H groups in total. The predicted molar refractivity (Wildman–Crippen MR) is 58.7 cm³/mol. The van der Waals surface area contributed by atoms with E-state index in [1.165, 1.54) is 0 Å². The minimum Gasteiger partial charge on any atom is -0.396 e. The van der Waals surface area contributed by atoms with Crippen LogP contribution in [0.25, 0.3) is 0 Å². The number of hydrogen-bond acceptors (Lipinski definition) is 3. The van der Waals surface area contributed by atoms with E-state index >= 15 is 0 Å². The van der Waals surface area contributed by atoms with E-state index in [4.69, 9.17) is 4.84 Å². The monoisotopic (exact) mass is 209 g/mol. The summed E-state index contributed by atoms with van der Waals surface area (Å²) in [5.41, 5.74) is 0.503. The Morgan fingerprint density at radius 1 is 1.47 bits per heavy atom. The van der Waals surface area contributed by atoms with Crippen molar-refractivity contribution >= 4 is 11.5 Å². The lowest BCUT2D eigenvalue weighted by atomic mass is 9.70. The van der Waals surface area contributed by atoms with Crippen LogP contribution in [0.5, 0.6) is 0 Å². The summed E-state index contributed by atoms with van der Waals surface area (Å²) in [6.07, 6.45) is 2.07. The summed E-state index contributed by atoms with van der Waals surface area (Å²) in [6, 6.07) is 0. The Hall–Kier alpha value is -0.860. The van der Waals surface area contributed by atoms with Crippen molar-refractivity contribution in [2.75, 3.05) is 6.61 Å². The highest BCUT2D eigenvalue weighted by atomic mass is 16.6. The second-order valence-electron chi connectivity index (χ2n) is 5.37. The number of carbonyl (C=O) groups excluding carboxylic acids is 1. The second-order valence-corrected chi connectivity index (χ2v) is 5.37. The van der Waals surface area contributed by atoms with Crippen LogP contribution in [-0.4, -0.2) is 18.1 Å². The lowest BCUT2D eigenvalue weighted by molar-refractivity contribution is -0.123. The fraction of sp³-hybridized carbons (Fsp3) is 0.833. The molecule has 0 saturated heterocycles. The molecule has 3 heteroatoms. The normalized spacial score (nSPS) is 40.1. The van der Waals surface area contributed by atoms with Gasteiger partial charge in [-0.1, -0.05) is 25.9 Å². The molecule has 15 heavy (non-hydrogen) atoms. The molecule has 0 heterocycles. The molecule has 0 aliphatic heterocycles. The molecule has 2 atom stereocenters. The first-order valence-electron chi connectivity index (χ1n) is 5.70. The summed E-state index contributed by atoms with van der Waals surface area (Å²) in [5, 5.41) is 4.01. The molecule has 2 fully saturated rings. The van der Waals surface area contributed by atoms with Crippen molar-refractivity contribution in [2.24, 2.45) is 21.9 Å². The number of rotatable bonds is 2. The molecule has 2 rings (SSSR count). The molecular weight excluding hydrogens is 190 g/mol. The first kappa shape index (κ1) is 10.7. The first-order chi connectivity index (χ1) is 6.95. The van der Waals surface area contributed by atoms with Crippen LogP contribution in [-0.2, 0) is 9.63 Å². The quantitative estimate of drug-likeness (QED) is 0.655. The third kappa shape index (κ3) is 1.12. The van der Waals surface area contributed by atoms with Crippen LogP contribution in [0.15, 0.2) is 5.16 Å². The molecule has 2 unspecified atom stereocenters. The van der Waals surface area contributed by atoms with Gasteiger partial charge in [-0.15, -0.1) is 0 Å². The highest BCUT2D eigenvalue weighted by Crippen LogP contribution is 2.62. The van der Waals surface area contributed by atoms with Gasteiger partial charge < -0.3 is 4.84 Å². The van der Waals surface area contributed by atoms with Gasteiger partial charge in [0.05, 0.1) is 0 Å². The fourth-order valence-electron chi connectivity index (χ4n) is 3.07. The van der Waals surface area contributed by atoms with Crippen molar-refractivity contribution in [1.29, 1.82) is 0 Å². The second kappa shape index (κ2) is 3.06. The Morgan fingerprint density at radius 2 is 2.13 bits per heavy atom. The number of ketones is 1. The number of nitrogens with zero attached hydrogens (tertiary/aromatic N) is 1. The molecule has 0 amide bonds. The maximum absolute atomic E-state index is 12.2. The van der Waals surface area contributed by atoms with Gasteiger partial charge >= 0.3 is 0 Å². The van der Waals surface area contributed by atoms with Gasteiger partial charge in [-0.25, -0.2) is 0 Å². The number of fused-ring (bicyclic) bond motifs is 2. The van der Waals surface area contributed by atoms with Gasteiger partial charge in [0.1, 0.15) is 12.3 Å². The Labute approximate surface area is 90.9 Å². The summed E-state index contributed by atoms with van der Waals surface area (Å²) in [4.78, 5) is 17.2. The Morgan fingerprint density at radius 3 is 2.60 bits per heavy atom. The van der Waals surface area contributed by atoms with Gasteiger partial charge in [-0.2, -0.15) is 0 Å². The average molecular weight is 209 g/mol. The van der Waals surface area contributed by atoms with E-state index in [0.29, 0.717) is 18.2 Å². The summed E-state index contributed by atoms with van der Waals surface area (Å²) >= 11 is 0. The largest absolute Gasteiger partial charge is 0.396 e. The summed E-state index contributed by atoms with van der Waals surface area (Å²) in [6.45, 7) is 8.84. The molecule has 2 bridgehead atoms. The van der Waals surface area contributed by atoms with Crippen molar-refractivity contribution in [3.63, 3.8) is 0 Å². The number of carbonyl (C=O) groups is 1. The number of Topliss-reactive ketones (excluding diaryl/α,β-unsaturated/α-hetero) is 1. The van der Waals surface area contributed by atoms with Crippen molar-refractivity contribution in [3.8, 4) is 0 Å². The standard InChI is InChI=1S/C12H19NO2/c1-5-15-13-9-8-6-7-12(4,10(9)14)11(8,2)3/h8H,5-7H2,1-4H3/b13-9-. The third-order valence-electron chi connectivity index (χ3n) is 4.58. The first-order valence-corrected chi connectivity index (χ1v) is 5.70. The molecule has 84 valence electrons. The zero-order chi connectivity index (χ0) is 11.3. The zero-order valence-electron chi connectivity index (χ0n) is 9.96. The van der Waals surface area contributed by atoms with Crippen molar-refractivity contribution in [1.82, 2.24) is 0 Å². The summed E-state index contributed by atoms with van der Waals surface area (Å²) in [7, 11) is 0. The SMILES string of the molecule is CCO/N=C1\C(=O)C2(C)CCC1C2(C)C. The molecular formula is C12H19NO2. The molecule has 0 aromatic heterocycles. The number of oxime groups is 1. The molecule has 0 aromatic rings. The topological polar surface area (TPSA) is 38.7 Å². The highest BCUT2D eigenvalue weighted by Gasteiger charge is 2.65. The maximum Gasteiger partial charge on any atom is 0.187 e. The molecule has 0 aromatic carbocycles. The van der Waals surface area contributed by atoms with Crippen LogP contribution >= 0.6 is 0 Å². The lowest BCUT2D eigenvalue weighted by Crippen LogP contribution is -2.33. The van der Waals surface area contributed by atoms with Crippen LogP contribution < -0.4 is 0 Å². The van der Waals surface area contributed by atoms with E-state index in [-0.39, 0.29) is 16.6 Å². The summed E-state index contributed by atoms with van der Waals surface area (Å²) < 4.78 is 0. The molecule has 2 aliphatic rings. The summed E-state index contributed by atoms with van der Waals surface area (Å²) in [5.74, 6) is 0.499. The van der Waals surface area contributed by atoms with E-state index in [0.717, 1.165) is 12.8 Å². The van der Waals surface area contributed by atoms with Gasteiger partial charge in [0.2, 0.25) is 0 Å². The lowest BCUT2D eigenvalue weighted by Gasteiger charge is -2.31. The van der Waals surface area contributed by atoms with E-state index in [1.54, 1.807) is 0 Å². The molecule has 3 nitrogen and oxygen atoms in total. The van der Waals surface area contributed by atoms with E-state index in [2.05, 4.69) is 25.9 Å². The molecule has 0 spiro atoms. The smallest absolute Gasteiger partial charge is 0.187 e. The van der Waals surface area contributed by atoms with E-state index < -0.39 is 0 Å². The van der Waals surface area contributed by atoms with Gasteiger partial charge in [-0.05, 0) is 25.2 Å². The molecule has 0 radical (unpaired) electrons. The van der Waals surface area contributed by atoms with Gasteiger partial charge in [0.15, 0.2) is 5.78 Å². The Balaban J connectivity index is 2.38. The van der Waals surface area contributed by atoms with Crippen molar-refractivity contribution in [2.45, 2.75) is 40.5 Å². The third-order valence-corrected chi connectivity index (χ3v) is 4.58. The molecule has 2 aliphatic carbocycles. The van der Waals surface area contributed by atoms with Crippen LogP contribution in [0.1, 0.15) is 40.5 Å². The van der Waals surface area contributed by atoms with Crippen LogP contribution in [0, 0.1) is 16.7 Å². The van der Waals surface area contributed by atoms with Crippen molar-refractivity contribution < 1.29 is 9.63 Å². The number of hydrogen-bond donors (Lipinski definition) is 0. The van der Waals surface area contributed by atoms with Crippen LogP contribution in [0.2, 0.25) is 0 Å². The van der Waals surface area contributed by atoms with Gasteiger partial charge in [0.25, 0.3) is 0 Å². The Kier molecular flexibility index (Phi) is 2.18. The predicted octanol–water partition coefficient (Wildman–Crippen LogP) is 2.40. The zero-order valence-corrected chi connectivity index (χ0v) is 9.96. The minimum absolute atomic E-state index is 0.0417. The van der Waals surface area contributed by atoms with Gasteiger partial charge in [0, 0.05) is 11.3 Å². The van der Waals surface area contributed by atoms with E-state index in [1.807, 2.05) is 6.92 Å². The van der Waals surface area contributed by atoms with Gasteiger partial charge in [-0.3, -0.25) is 4.79 Å². The molecule has 2 saturated carbocycles. The van der Waals surface area contributed by atoms with Crippen LogP contribution in [0.4, 0.5) is 0 Å². The fourth-order valence-corrected chi connectivity index (χ4v) is 3.07. The minimum atomic E-state index is -0.215. The maximum atomic E-state index is 12.2. The van der Waals surface area contributed by atoms with E-state index in [9.17, 15) is 4.79 Å². The van der Waals surface area contributed by atoms with Crippen molar-refractivity contribution in [3.05, 3.63) is 0 Å². The average Bonchev–Trinajstić information content (AvgIpc) is 2.48. The Bertz CT molecular complexity index is 333.